The molecule has 3 rings (SSSR count). The SMILES string of the molecule is COc1cc(/C=C(/C#N)c2nc3ccccc3[nH]2)cc(I)c1OC. The summed E-state index contributed by atoms with van der Waals surface area (Å²) in [5.41, 5.74) is 3.02. The van der Waals surface area contributed by atoms with E-state index in [9.17, 15) is 5.26 Å². The van der Waals surface area contributed by atoms with Gasteiger partial charge in [0.25, 0.3) is 0 Å². The summed E-state index contributed by atoms with van der Waals surface area (Å²) in [4.78, 5) is 7.65. The lowest BCUT2D eigenvalue weighted by atomic mass is 10.1. The zero-order valence-corrected chi connectivity index (χ0v) is 15.3. The number of halogens is 1. The van der Waals surface area contributed by atoms with Crippen molar-refractivity contribution in [2.45, 2.75) is 0 Å². The number of hydrogen-bond donors (Lipinski definition) is 1. The number of hydrogen-bond acceptors (Lipinski definition) is 4. The second kappa shape index (κ2) is 6.93. The fourth-order valence-corrected chi connectivity index (χ4v) is 3.27. The van der Waals surface area contributed by atoms with Crippen LogP contribution in [0.15, 0.2) is 36.4 Å². The highest BCUT2D eigenvalue weighted by Crippen LogP contribution is 2.34. The zero-order valence-electron chi connectivity index (χ0n) is 13.1. The van der Waals surface area contributed by atoms with E-state index in [1.165, 1.54) is 0 Å². The van der Waals surface area contributed by atoms with Crippen LogP contribution in [0.25, 0.3) is 22.7 Å². The minimum absolute atomic E-state index is 0.453. The van der Waals surface area contributed by atoms with Crippen LogP contribution in [0.2, 0.25) is 0 Å². The molecule has 0 amide bonds. The van der Waals surface area contributed by atoms with Gasteiger partial charge in [0.05, 0.1) is 34.4 Å². The molecule has 0 aliphatic carbocycles. The molecule has 0 unspecified atom stereocenters. The molecule has 120 valence electrons. The number of rotatable bonds is 4. The molecule has 6 heteroatoms. The highest BCUT2D eigenvalue weighted by Gasteiger charge is 2.12. The Hall–Kier alpha value is -2.53. The number of para-hydroxylation sites is 2. The van der Waals surface area contributed by atoms with Crippen LogP contribution in [0.1, 0.15) is 11.4 Å². The number of nitrogens with zero attached hydrogens (tertiary/aromatic N) is 2. The van der Waals surface area contributed by atoms with E-state index in [4.69, 9.17) is 9.47 Å². The second-order valence-corrected chi connectivity index (χ2v) is 6.17. The fourth-order valence-electron chi connectivity index (χ4n) is 2.42. The Morgan fingerprint density at radius 1 is 1.25 bits per heavy atom. The minimum atomic E-state index is 0.453. The molecule has 0 saturated heterocycles. The van der Waals surface area contributed by atoms with E-state index in [1.807, 2.05) is 36.4 Å². The number of aromatic amines is 1. The lowest BCUT2D eigenvalue weighted by molar-refractivity contribution is 0.353. The predicted octanol–water partition coefficient (Wildman–Crippen LogP) is 4.25. The molecule has 1 aromatic heterocycles. The molecule has 5 nitrogen and oxygen atoms in total. The van der Waals surface area contributed by atoms with E-state index in [-0.39, 0.29) is 0 Å². The van der Waals surface area contributed by atoms with Gasteiger partial charge in [-0.1, -0.05) is 12.1 Å². The molecule has 0 atom stereocenters. The fraction of sp³-hybridized carbons (Fsp3) is 0.111. The van der Waals surface area contributed by atoms with Crippen LogP contribution in [0.3, 0.4) is 0 Å². The Balaban J connectivity index is 2.08. The monoisotopic (exact) mass is 431 g/mol. The predicted molar refractivity (Wildman–Crippen MR) is 102 cm³/mol. The highest BCUT2D eigenvalue weighted by atomic mass is 127. The quantitative estimate of drug-likeness (QED) is 0.496. The van der Waals surface area contributed by atoms with E-state index < -0.39 is 0 Å². The third-order valence-electron chi connectivity index (χ3n) is 3.53. The molecule has 0 radical (unpaired) electrons. The number of benzene rings is 2. The van der Waals surface area contributed by atoms with Crippen molar-refractivity contribution in [2.24, 2.45) is 0 Å². The van der Waals surface area contributed by atoms with Crippen molar-refractivity contribution in [1.29, 1.82) is 5.26 Å². The number of ether oxygens (including phenoxy) is 2. The summed E-state index contributed by atoms with van der Waals surface area (Å²) in [6, 6.07) is 13.7. The normalized spacial score (nSPS) is 11.3. The highest BCUT2D eigenvalue weighted by molar-refractivity contribution is 14.1. The van der Waals surface area contributed by atoms with Crippen LogP contribution < -0.4 is 9.47 Å². The van der Waals surface area contributed by atoms with Gasteiger partial charge in [0.15, 0.2) is 11.5 Å². The number of allylic oxidation sites excluding steroid dienone is 1. The summed E-state index contributed by atoms with van der Waals surface area (Å²) in [5, 5.41) is 9.53. The summed E-state index contributed by atoms with van der Waals surface area (Å²) in [6.45, 7) is 0. The first-order valence-electron chi connectivity index (χ1n) is 7.14. The molecule has 0 aliphatic rings. The number of imidazole rings is 1. The molecule has 2 aromatic carbocycles. The van der Waals surface area contributed by atoms with Gasteiger partial charge < -0.3 is 14.5 Å². The summed E-state index contributed by atoms with van der Waals surface area (Å²) >= 11 is 2.18. The number of H-pyrrole nitrogens is 1. The average Bonchev–Trinajstić information content (AvgIpc) is 3.02. The van der Waals surface area contributed by atoms with Crippen molar-refractivity contribution >= 4 is 45.3 Å². The first-order valence-corrected chi connectivity index (χ1v) is 8.22. The Labute approximate surface area is 153 Å². The molecule has 0 bridgehead atoms. The van der Waals surface area contributed by atoms with Crippen molar-refractivity contribution in [1.82, 2.24) is 9.97 Å². The molecule has 0 spiro atoms. The van der Waals surface area contributed by atoms with Crippen molar-refractivity contribution in [3.05, 3.63) is 51.4 Å². The van der Waals surface area contributed by atoms with Crippen LogP contribution in [-0.4, -0.2) is 24.2 Å². The number of aromatic nitrogens is 2. The van der Waals surface area contributed by atoms with Crippen molar-refractivity contribution in [2.75, 3.05) is 14.2 Å². The minimum Gasteiger partial charge on any atom is -0.493 e. The first-order chi connectivity index (χ1) is 11.7. The van der Waals surface area contributed by atoms with E-state index in [2.05, 4.69) is 38.6 Å². The third-order valence-corrected chi connectivity index (χ3v) is 4.33. The molecule has 3 aromatic rings. The number of nitriles is 1. The maximum Gasteiger partial charge on any atom is 0.174 e. The molecule has 0 saturated carbocycles. The summed E-state index contributed by atoms with van der Waals surface area (Å²) < 4.78 is 11.6. The molecule has 1 heterocycles. The number of methoxy groups -OCH3 is 2. The van der Waals surface area contributed by atoms with Crippen LogP contribution in [0, 0.1) is 14.9 Å². The van der Waals surface area contributed by atoms with Gasteiger partial charge in [0.1, 0.15) is 11.9 Å². The smallest absolute Gasteiger partial charge is 0.174 e. The lowest BCUT2D eigenvalue weighted by Gasteiger charge is -2.10. The summed E-state index contributed by atoms with van der Waals surface area (Å²) in [5.74, 6) is 1.85. The summed E-state index contributed by atoms with van der Waals surface area (Å²) in [6.07, 6.45) is 1.78. The molecule has 24 heavy (non-hydrogen) atoms. The Kier molecular flexibility index (Phi) is 4.71. The maximum absolute atomic E-state index is 9.53. The second-order valence-electron chi connectivity index (χ2n) is 5.01. The average molecular weight is 431 g/mol. The Morgan fingerprint density at radius 2 is 2.04 bits per heavy atom. The number of fused-ring (bicyclic) bond motifs is 1. The van der Waals surface area contributed by atoms with Crippen LogP contribution >= 0.6 is 22.6 Å². The molecule has 1 N–H and O–H groups in total. The van der Waals surface area contributed by atoms with Gasteiger partial charge >= 0.3 is 0 Å². The van der Waals surface area contributed by atoms with Crippen molar-refractivity contribution < 1.29 is 9.47 Å². The van der Waals surface area contributed by atoms with Gasteiger partial charge in [-0.2, -0.15) is 5.26 Å². The summed E-state index contributed by atoms with van der Waals surface area (Å²) in [7, 11) is 3.19. The van der Waals surface area contributed by atoms with Gasteiger partial charge in [0, 0.05) is 0 Å². The van der Waals surface area contributed by atoms with Gasteiger partial charge in [-0.25, -0.2) is 4.98 Å². The third kappa shape index (κ3) is 3.08. The van der Waals surface area contributed by atoms with Gasteiger partial charge in [-0.15, -0.1) is 0 Å². The van der Waals surface area contributed by atoms with E-state index in [1.54, 1.807) is 20.3 Å². The standard InChI is InChI=1S/C18H14IN3O2/c1-23-16-9-11(8-13(19)17(16)24-2)7-12(10-20)18-21-14-5-3-4-6-15(14)22-18/h3-9H,1-2H3,(H,21,22)/b12-7-. The van der Waals surface area contributed by atoms with E-state index in [0.717, 1.165) is 20.2 Å². The van der Waals surface area contributed by atoms with Gasteiger partial charge in [0.2, 0.25) is 0 Å². The van der Waals surface area contributed by atoms with E-state index in [0.29, 0.717) is 22.9 Å². The van der Waals surface area contributed by atoms with Gasteiger partial charge in [-0.05, 0) is 58.5 Å². The zero-order chi connectivity index (χ0) is 17.1. The topological polar surface area (TPSA) is 70.9 Å². The lowest BCUT2D eigenvalue weighted by Crippen LogP contribution is -1.94. The molecular weight excluding hydrogens is 417 g/mol. The largest absolute Gasteiger partial charge is 0.493 e. The van der Waals surface area contributed by atoms with Gasteiger partial charge in [-0.3, -0.25) is 0 Å². The number of nitrogens with one attached hydrogen (secondary N) is 1. The Bertz CT molecular complexity index is 937. The van der Waals surface area contributed by atoms with Crippen LogP contribution in [-0.2, 0) is 0 Å². The van der Waals surface area contributed by atoms with Crippen molar-refractivity contribution in [3.63, 3.8) is 0 Å². The molecule has 0 aliphatic heterocycles. The Morgan fingerprint density at radius 3 is 2.71 bits per heavy atom. The van der Waals surface area contributed by atoms with Crippen LogP contribution in [0.4, 0.5) is 0 Å². The molecular formula is C18H14IN3O2. The first kappa shape index (κ1) is 16.3. The molecule has 0 fully saturated rings. The van der Waals surface area contributed by atoms with E-state index >= 15 is 0 Å². The maximum atomic E-state index is 9.53. The van der Waals surface area contributed by atoms with Crippen molar-refractivity contribution in [3.8, 4) is 17.6 Å². The van der Waals surface area contributed by atoms with Crippen LogP contribution in [0.5, 0.6) is 11.5 Å².